The smallest absolute Gasteiger partial charge is 0.317 e. The molecule has 0 aromatic heterocycles. The van der Waals surface area contributed by atoms with Crippen LogP contribution in [-0.2, 0) is 0 Å². The fraction of sp³-hybridized carbons (Fsp3) is 0.909. The predicted octanol–water partition coefficient (Wildman–Crippen LogP) is -0.0570. The summed E-state index contributed by atoms with van der Waals surface area (Å²) in [6, 6.07) is 0.0746. The Kier molecular flexibility index (Phi) is 6.18. The van der Waals surface area contributed by atoms with Crippen LogP contribution < -0.4 is 10.6 Å². The molecule has 1 rings (SSSR count). The molecule has 0 aromatic rings. The Morgan fingerprint density at radius 2 is 2.12 bits per heavy atom. The van der Waals surface area contributed by atoms with E-state index < -0.39 is 0 Å². The van der Waals surface area contributed by atoms with Gasteiger partial charge in [0.1, 0.15) is 0 Å². The number of nitrogens with zero attached hydrogens (tertiary/aromatic N) is 2. The summed E-state index contributed by atoms with van der Waals surface area (Å²) in [6.07, 6.45) is 0. The maximum absolute atomic E-state index is 11.2. The summed E-state index contributed by atoms with van der Waals surface area (Å²) < 4.78 is 0. The minimum absolute atomic E-state index is 0.0746. The van der Waals surface area contributed by atoms with Gasteiger partial charge in [0, 0.05) is 39.3 Å². The molecule has 16 heavy (non-hydrogen) atoms. The Morgan fingerprint density at radius 3 is 2.69 bits per heavy atom. The molecule has 94 valence electrons. The van der Waals surface area contributed by atoms with Crippen LogP contribution in [-0.4, -0.2) is 68.2 Å². The molecular weight excluding hydrogens is 204 g/mol. The van der Waals surface area contributed by atoms with E-state index in [-0.39, 0.29) is 6.03 Å². The minimum atomic E-state index is 0.0746. The van der Waals surface area contributed by atoms with E-state index in [0.717, 1.165) is 52.4 Å². The van der Waals surface area contributed by atoms with Gasteiger partial charge >= 0.3 is 6.03 Å². The third-order valence-corrected chi connectivity index (χ3v) is 3.00. The SMILES string of the molecule is CCN(CC)CCNCCN1CCNC1=O. The van der Waals surface area contributed by atoms with Crippen LogP contribution in [0.4, 0.5) is 4.79 Å². The van der Waals surface area contributed by atoms with Crippen molar-refractivity contribution in [3.8, 4) is 0 Å². The van der Waals surface area contributed by atoms with Crippen molar-refractivity contribution >= 4 is 6.03 Å². The molecule has 1 aliphatic rings. The Labute approximate surface area is 98.2 Å². The average molecular weight is 228 g/mol. The van der Waals surface area contributed by atoms with Crippen LogP contribution in [0.15, 0.2) is 0 Å². The Balaban J connectivity index is 1.97. The van der Waals surface area contributed by atoms with Crippen LogP contribution >= 0.6 is 0 Å². The molecule has 0 unspecified atom stereocenters. The highest BCUT2D eigenvalue weighted by atomic mass is 16.2. The molecule has 5 nitrogen and oxygen atoms in total. The number of carbonyl (C=O) groups is 1. The number of rotatable bonds is 8. The van der Waals surface area contributed by atoms with Crippen molar-refractivity contribution in [2.75, 3.05) is 52.4 Å². The molecule has 1 fully saturated rings. The summed E-state index contributed by atoms with van der Waals surface area (Å²) in [5.74, 6) is 0. The maximum Gasteiger partial charge on any atom is 0.317 e. The van der Waals surface area contributed by atoms with Gasteiger partial charge in [-0.05, 0) is 13.1 Å². The van der Waals surface area contributed by atoms with Crippen molar-refractivity contribution in [3.05, 3.63) is 0 Å². The molecule has 0 atom stereocenters. The molecule has 0 aliphatic carbocycles. The zero-order valence-corrected chi connectivity index (χ0v) is 10.5. The highest BCUT2D eigenvalue weighted by Crippen LogP contribution is 1.94. The molecule has 0 radical (unpaired) electrons. The zero-order chi connectivity index (χ0) is 11.8. The summed E-state index contributed by atoms with van der Waals surface area (Å²) in [4.78, 5) is 15.5. The lowest BCUT2D eigenvalue weighted by Crippen LogP contribution is -2.37. The molecule has 1 aliphatic heterocycles. The molecule has 0 spiro atoms. The van der Waals surface area contributed by atoms with Gasteiger partial charge in [-0.15, -0.1) is 0 Å². The molecule has 2 N–H and O–H groups in total. The van der Waals surface area contributed by atoms with Crippen LogP contribution in [0.1, 0.15) is 13.8 Å². The predicted molar refractivity (Wildman–Crippen MR) is 65.6 cm³/mol. The summed E-state index contributed by atoms with van der Waals surface area (Å²) >= 11 is 0. The summed E-state index contributed by atoms with van der Waals surface area (Å²) in [5, 5.41) is 6.17. The number of nitrogens with one attached hydrogen (secondary N) is 2. The van der Waals surface area contributed by atoms with Gasteiger partial charge in [-0.2, -0.15) is 0 Å². The van der Waals surface area contributed by atoms with Crippen molar-refractivity contribution in [2.45, 2.75) is 13.8 Å². The van der Waals surface area contributed by atoms with Gasteiger partial charge in [-0.25, -0.2) is 4.79 Å². The number of hydrogen-bond acceptors (Lipinski definition) is 3. The number of amides is 2. The van der Waals surface area contributed by atoms with E-state index >= 15 is 0 Å². The standard InChI is InChI=1S/C11H24N4O/c1-3-14(4-2)8-5-12-6-9-15-10-7-13-11(15)16/h12H,3-10H2,1-2H3,(H,13,16). The molecule has 2 amide bonds. The van der Waals surface area contributed by atoms with Crippen molar-refractivity contribution in [1.29, 1.82) is 0 Å². The summed E-state index contributed by atoms with van der Waals surface area (Å²) in [7, 11) is 0. The fourth-order valence-electron chi connectivity index (χ4n) is 1.84. The molecule has 0 saturated carbocycles. The van der Waals surface area contributed by atoms with Crippen LogP contribution in [0.3, 0.4) is 0 Å². The highest BCUT2D eigenvalue weighted by molar-refractivity contribution is 5.76. The molecule has 0 aromatic carbocycles. The number of carbonyl (C=O) groups excluding carboxylic acids is 1. The lowest BCUT2D eigenvalue weighted by Gasteiger charge is -2.19. The second-order valence-electron chi connectivity index (χ2n) is 4.00. The number of likely N-dealkylation sites (N-methyl/N-ethyl adjacent to an activating group) is 1. The van der Waals surface area contributed by atoms with E-state index in [9.17, 15) is 4.79 Å². The summed E-state index contributed by atoms with van der Waals surface area (Å²) in [5.41, 5.74) is 0. The van der Waals surface area contributed by atoms with Crippen LogP contribution in [0.2, 0.25) is 0 Å². The molecule has 0 bridgehead atoms. The van der Waals surface area contributed by atoms with E-state index in [1.165, 1.54) is 0 Å². The first kappa shape index (κ1) is 13.3. The van der Waals surface area contributed by atoms with E-state index in [1.54, 1.807) is 0 Å². The Morgan fingerprint density at radius 1 is 1.38 bits per heavy atom. The zero-order valence-electron chi connectivity index (χ0n) is 10.5. The van der Waals surface area contributed by atoms with Gasteiger partial charge in [0.05, 0.1) is 0 Å². The van der Waals surface area contributed by atoms with Gasteiger partial charge < -0.3 is 20.4 Å². The molecule has 5 heteroatoms. The minimum Gasteiger partial charge on any atom is -0.336 e. The Bertz CT molecular complexity index is 206. The van der Waals surface area contributed by atoms with E-state index in [4.69, 9.17) is 0 Å². The third-order valence-electron chi connectivity index (χ3n) is 3.00. The first-order valence-electron chi connectivity index (χ1n) is 6.23. The molecule has 1 heterocycles. The second-order valence-corrected chi connectivity index (χ2v) is 4.00. The van der Waals surface area contributed by atoms with Gasteiger partial charge in [-0.3, -0.25) is 0 Å². The fourth-order valence-corrected chi connectivity index (χ4v) is 1.84. The van der Waals surface area contributed by atoms with Crippen LogP contribution in [0.25, 0.3) is 0 Å². The van der Waals surface area contributed by atoms with E-state index in [0.29, 0.717) is 0 Å². The van der Waals surface area contributed by atoms with Crippen LogP contribution in [0, 0.1) is 0 Å². The number of urea groups is 1. The van der Waals surface area contributed by atoms with Crippen molar-refractivity contribution in [2.24, 2.45) is 0 Å². The second kappa shape index (κ2) is 7.46. The topological polar surface area (TPSA) is 47.6 Å². The van der Waals surface area contributed by atoms with Crippen molar-refractivity contribution in [1.82, 2.24) is 20.4 Å². The average Bonchev–Trinajstić information content (AvgIpc) is 2.70. The van der Waals surface area contributed by atoms with Gasteiger partial charge in [0.2, 0.25) is 0 Å². The van der Waals surface area contributed by atoms with E-state index in [1.807, 2.05) is 4.90 Å². The number of hydrogen-bond donors (Lipinski definition) is 2. The van der Waals surface area contributed by atoms with E-state index in [2.05, 4.69) is 29.4 Å². The normalized spacial score (nSPS) is 15.9. The lowest BCUT2D eigenvalue weighted by molar-refractivity contribution is 0.217. The quantitative estimate of drug-likeness (QED) is 0.572. The molecule has 1 saturated heterocycles. The monoisotopic (exact) mass is 228 g/mol. The Hall–Kier alpha value is -0.810. The third kappa shape index (κ3) is 4.37. The molecular formula is C11H24N4O. The largest absolute Gasteiger partial charge is 0.336 e. The van der Waals surface area contributed by atoms with Crippen LogP contribution in [0.5, 0.6) is 0 Å². The van der Waals surface area contributed by atoms with Gasteiger partial charge in [-0.1, -0.05) is 13.8 Å². The van der Waals surface area contributed by atoms with Gasteiger partial charge in [0.15, 0.2) is 0 Å². The van der Waals surface area contributed by atoms with Crippen molar-refractivity contribution in [3.63, 3.8) is 0 Å². The summed E-state index contributed by atoms with van der Waals surface area (Å²) in [6.45, 7) is 12.0. The highest BCUT2D eigenvalue weighted by Gasteiger charge is 2.17. The first-order valence-corrected chi connectivity index (χ1v) is 6.23. The van der Waals surface area contributed by atoms with Crippen molar-refractivity contribution < 1.29 is 4.79 Å². The first-order chi connectivity index (χ1) is 7.77. The lowest BCUT2D eigenvalue weighted by atomic mass is 10.4. The maximum atomic E-state index is 11.2. The van der Waals surface area contributed by atoms with Gasteiger partial charge in [0.25, 0.3) is 0 Å².